The Morgan fingerprint density at radius 3 is 1.94 bits per heavy atom. The molecule has 0 spiro atoms. The maximum Gasteiger partial charge on any atom is 0.458 e. The highest BCUT2D eigenvalue weighted by molar-refractivity contribution is 6.41. The van der Waals surface area contributed by atoms with Crippen molar-refractivity contribution in [3.8, 4) is 0 Å². The van der Waals surface area contributed by atoms with Gasteiger partial charge in [-0.3, -0.25) is 14.3 Å². The van der Waals surface area contributed by atoms with Crippen LogP contribution in [0.1, 0.15) is 73.5 Å². The van der Waals surface area contributed by atoms with Crippen LogP contribution in [0.25, 0.3) is 0 Å². The van der Waals surface area contributed by atoms with Crippen LogP contribution in [0.4, 0.5) is 31.1 Å². The van der Waals surface area contributed by atoms with Gasteiger partial charge in [-0.15, -0.1) is 0 Å². The highest BCUT2D eigenvalue weighted by atomic mass is 19.4. The number of nitrogens with one attached hydrogen (secondary N) is 2. The number of rotatable bonds is 11. The molecule has 2 heterocycles. The van der Waals surface area contributed by atoms with E-state index in [9.17, 15) is 40.7 Å². The molecule has 1 aliphatic carbocycles. The molecule has 0 bridgehead atoms. The smallest absolute Gasteiger partial charge is 0.335 e. The number of piperidine rings is 1. The third-order valence-corrected chi connectivity index (χ3v) is 8.27. The maximum atomic E-state index is 12.5. The minimum Gasteiger partial charge on any atom is -0.335 e. The molecule has 260 valence electrons. The van der Waals surface area contributed by atoms with E-state index in [1.165, 1.54) is 22.5 Å². The SMILES string of the molecule is CCn1nc(Cc2ccccc2)cc1C1CCN(CC[C@H](NC(=O)NC2CC2)c2ccccc2)CC1.O=C(C(=O)C(F)(F)F)C(F)(F)F. The molecule has 2 aliphatic rings. The van der Waals surface area contributed by atoms with Crippen molar-refractivity contribution in [2.24, 2.45) is 0 Å². The molecular formula is C34H39F6N5O3. The van der Waals surface area contributed by atoms with Crippen molar-refractivity contribution in [1.82, 2.24) is 25.3 Å². The molecule has 0 radical (unpaired) electrons. The van der Waals surface area contributed by atoms with Crippen molar-refractivity contribution in [2.75, 3.05) is 19.6 Å². The predicted molar refractivity (Wildman–Crippen MR) is 166 cm³/mol. The normalized spacial score (nSPS) is 16.4. The van der Waals surface area contributed by atoms with Gasteiger partial charge in [0.1, 0.15) is 0 Å². The zero-order chi connectivity index (χ0) is 34.9. The number of aryl methyl sites for hydroxylation is 1. The standard InChI is InChI=1S/C30H39N5O.C4F6O2/c1-2-35-29(22-27(33-35)21-23-9-5-3-6-10-23)25-15-18-34(19-16-25)20-17-28(24-11-7-4-8-12-24)32-30(36)31-26-13-14-26;5-3(6,7)1(11)2(12)4(8,9)10/h3-12,22,25-26,28H,2,13-21H2,1H3,(H2,31,32,36);/t28-;/m0./s1. The average molecular weight is 680 g/mol. The summed E-state index contributed by atoms with van der Waals surface area (Å²) in [6.45, 7) is 6.26. The van der Waals surface area contributed by atoms with Gasteiger partial charge in [0.05, 0.1) is 11.7 Å². The highest BCUT2D eigenvalue weighted by Crippen LogP contribution is 2.30. The van der Waals surface area contributed by atoms with Crippen molar-refractivity contribution in [1.29, 1.82) is 0 Å². The molecule has 14 heteroatoms. The van der Waals surface area contributed by atoms with Crippen LogP contribution in [-0.4, -0.2) is 70.3 Å². The second-order valence-electron chi connectivity index (χ2n) is 12.0. The number of carbonyl (C=O) groups is 3. The molecule has 1 atom stereocenters. The Morgan fingerprint density at radius 1 is 0.854 bits per heavy atom. The summed E-state index contributed by atoms with van der Waals surface area (Å²) in [6, 6.07) is 23.7. The van der Waals surface area contributed by atoms with Crippen LogP contribution >= 0.6 is 0 Å². The fraction of sp³-hybridized carbons (Fsp3) is 0.471. The van der Waals surface area contributed by atoms with E-state index in [1.54, 1.807) is 0 Å². The van der Waals surface area contributed by atoms with Crippen LogP contribution in [0.5, 0.6) is 0 Å². The lowest BCUT2D eigenvalue weighted by molar-refractivity contribution is -0.193. The van der Waals surface area contributed by atoms with Gasteiger partial charge in [0.25, 0.3) is 0 Å². The summed E-state index contributed by atoms with van der Waals surface area (Å²) in [5.41, 5.74) is 5.05. The van der Waals surface area contributed by atoms with Crippen molar-refractivity contribution in [3.05, 3.63) is 89.2 Å². The summed E-state index contributed by atoms with van der Waals surface area (Å²) >= 11 is 0. The minimum atomic E-state index is -5.77. The monoisotopic (exact) mass is 679 g/mol. The number of likely N-dealkylation sites (tertiary alicyclic amines) is 1. The third kappa shape index (κ3) is 10.9. The lowest BCUT2D eigenvalue weighted by Crippen LogP contribution is -2.41. The maximum absolute atomic E-state index is 12.5. The van der Waals surface area contributed by atoms with Gasteiger partial charge in [-0.05, 0) is 69.3 Å². The van der Waals surface area contributed by atoms with E-state index in [0.717, 1.165) is 64.7 Å². The summed E-state index contributed by atoms with van der Waals surface area (Å²) < 4.78 is 69.2. The Kier molecular flexibility index (Phi) is 12.4. The number of alkyl halides is 6. The molecule has 2 fully saturated rings. The Balaban J connectivity index is 0.000000371. The topological polar surface area (TPSA) is 96.3 Å². The van der Waals surface area contributed by atoms with Gasteiger partial charge in [-0.2, -0.15) is 31.4 Å². The second-order valence-corrected chi connectivity index (χ2v) is 12.0. The lowest BCUT2D eigenvalue weighted by Gasteiger charge is -2.33. The van der Waals surface area contributed by atoms with Crippen LogP contribution in [0.15, 0.2) is 66.7 Å². The fourth-order valence-electron chi connectivity index (χ4n) is 5.60. The minimum absolute atomic E-state index is 0.0322. The molecule has 1 aliphatic heterocycles. The van der Waals surface area contributed by atoms with Gasteiger partial charge in [-0.1, -0.05) is 60.7 Å². The number of Topliss-reactive ketones (excluding diaryl/α,β-unsaturated/α-hetero) is 2. The first kappa shape index (κ1) is 36.6. The molecule has 1 aromatic heterocycles. The molecule has 2 aromatic carbocycles. The van der Waals surface area contributed by atoms with Crippen LogP contribution in [-0.2, 0) is 22.6 Å². The van der Waals surface area contributed by atoms with Crippen LogP contribution in [0.2, 0.25) is 0 Å². The largest absolute Gasteiger partial charge is 0.458 e. The van der Waals surface area contributed by atoms with Crippen LogP contribution in [0, 0.1) is 0 Å². The van der Waals surface area contributed by atoms with E-state index in [1.807, 2.05) is 6.07 Å². The third-order valence-electron chi connectivity index (χ3n) is 8.27. The zero-order valence-electron chi connectivity index (χ0n) is 26.5. The first-order chi connectivity index (χ1) is 22.7. The highest BCUT2D eigenvalue weighted by Gasteiger charge is 2.54. The van der Waals surface area contributed by atoms with Gasteiger partial charge in [-0.25, -0.2) is 4.79 Å². The number of amides is 2. The molecule has 0 unspecified atom stereocenters. The number of urea groups is 1. The molecular weight excluding hydrogens is 640 g/mol. The summed E-state index contributed by atoms with van der Waals surface area (Å²) in [5.74, 6) is -6.25. The first-order valence-electron chi connectivity index (χ1n) is 15.9. The molecule has 8 nitrogen and oxygen atoms in total. The van der Waals surface area contributed by atoms with E-state index in [2.05, 4.69) is 87.8 Å². The number of carbonyl (C=O) groups excluding carboxylic acids is 3. The zero-order valence-corrected chi connectivity index (χ0v) is 26.5. The lowest BCUT2D eigenvalue weighted by atomic mass is 9.92. The van der Waals surface area contributed by atoms with Gasteiger partial charge >= 0.3 is 30.0 Å². The van der Waals surface area contributed by atoms with Crippen LogP contribution in [0.3, 0.4) is 0 Å². The van der Waals surface area contributed by atoms with Crippen molar-refractivity contribution < 1.29 is 40.7 Å². The quantitative estimate of drug-likeness (QED) is 0.178. The number of hydrogen-bond donors (Lipinski definition) is 2. The molecule has 2 N–H and O–H groups in total. The van der Waals surface area contributed by atoms with E-state index >= 15 is 0 Å². The fourth-order valence-corrected chi connectivity index (χ4v) is 5.60. The van der Waals surface area contributed by atoms with E-state index < -0.39 is 23.9 Å². The summed E-state index contributed by atoms with van der Waals surface area (Å²) in [5, 5.41) is 11.2. The predicted octanol–water partition coefficient (Wildman–Crippen LogP) is 6.52. The van der Waals surface area contributed by atoms with Gasteiger partial charge in [0, 0.05) is 37.2 Å². The number of benzene rings is 2. The van der Waals surface area contributed by atoms with Crippen LogP contribution < -0.4 is 10.6 Å². The molecule has 5 rings (SSSR count). The molecule has 3 aromatic rings. The number of aromatic nitrogens is 2. The number of ketones is 2. The Hall–Kier alpha value is -4.20. The molecule has 1 saturated heterocycles. The first-order valence-corrected chi connectivity index (χ1v) is 15.9. The van der Waals surface area contributed by atoms with E-state index in [4.69, 9.17) is 5.10 Å². The summed E-state index contributed by atoms with van der Waals surface area (Å²) in [7, 11) is 0. The summed E-state index contributed by atoms with van der Waals surface area (Å²) in [6.07, 6.45) is -5.22. The van der Waals surface area contributed by atoms with Gasteiger partial charge < -0.3 is 15.5 Å². The van der Waals surface area contributed by atoms with E-state index in [-0.39, 0.29) is 12.1 Å². The Bertz CT molecular complexity index is 1470. The summed E-state index contributed by atoms with van der Waals surface area (Å²) in [4.78, 5) is 34.3. The molecule has 48 heavy (non-hydrogen) atoms. The van der Waals surface area contributed by atoms with Gasteiger partial charge in [0.2, 0.25) is 0 Å². The number of nitrogens with zero attached hydrogens (tertiary/aromatic N) is 3. The number of halogens is 6. The average Bonchev–Trinajstić information content (AvgIpc) is 3.78. The van der Waals surface area contributed by atoms with Crippen molar-refractivity contribution in [2.45, 2.75) is 82.3 Å². The van der Waals surface area contributed by atoms with Crippen molar-refractivity contribution in [3.63, 3.8) is 0 Å². The Morgan fingerprint density at radius 2 is 1.42 bits per heavy atom. The Labute approximate surface area is 274 Å². The molecule has 2 amide bonds. The van der Waals surface area contributed by atoms with E-state index in [0.29, 0.717) is 12.0 Å². The number of hydrogen-bond acceptors (Lipinski definition) is 5. The second kappa shape index (κ2) is 16.3. The van der Waals surface area contributed by atoms with Gasteiger partial charge in [0.15, 0.2) is 0 Å². The molecule has 1 saturated carbocycles. The van der Waals surface area contributed by atoms with Crippen molar-refractivity contribution >= 4 is 17.6 Å².